The van der Waals surface area contributed by atoms with Gasteiger partial charge in [0.15, 0.2) is 0 Å². The number of hydrogen-bond acceptors (Lipinski definition) is 2. The van der Waals surface area contributed by atoms with Crippen molar-refractivity contribution >= 4 is 0 Å². The van der Waals surface area contributed by atoms with Crippen molar-refractivity contribution in [2.45, 2.75) is 56.6 Å². The van der Waals surface area contributed by atoms with Gasteiger partial charge in [-0.1, -0.05) is 43.2 Å². The molecule has 0 aliphatic heterocycles. The van der Waals surface area contributed by atoms with E-state index in [4.69, 9.17) is 0 Å². The van der Waals surface area contributed by atoms with Crippen LogP contribution in [0.3, 0.4) is 0 Å². The second-order valence-corrected chi connectivity index (χ2v) is 6.31. The summed E-state index contributed by atoms with van der Waals surface area (Å²) in [6.07, 6.45) is 7.30. The Morgan fingerprint density at radius 3 is 2.53 bits per heavy atom. The summed E-state index contributed by atoms with van der Waals surface area (Å²) in [6.45, 7) is 1.09. The van der Waals surface area contributed by atoms with Crippen LogP contribution in [-0.2, 0) is 0 Å². The Kier molecular flexibility index (Phi) is 4.19. The van der Waals surface area contributed by atoms with Crippen molar-refractivity contribution in [3.63, 3.8) is 0 Å². The fourth-order valence-corrected chi connectivity index (χ4v) is 3.66. The van der Waals surface area contributed by atoms with Crippen molar-refractivity contribution in [1.82, 2.24) is 5.32 Å². The Labute approximate surface area is 116 Å². The molecule has 2 fully saturated rings. The van der Waals surface area contributed by atoms with E-state index in [9.17, 15) is 5.11 Å². The van der Waals surface area contributed by atoms with Gasteiger partial charge in [-0.3, -0.25) is 0 Å². The van der Waals surface area contributed by atoms with Crippen LogP contribution in [0, 0.1) is 5.92 Å². The van der Waals surface area contributed by atoms with Gasteiger partial charge in [-0.05, 0) is 49.6 Å². The molecule has 0 aromatic heterocycles. The molecular formula is C17H25NO. The highest BCUT2D eigenvalue weighted by atomic mass is 16.3. The first-order chi connectivity index (χ1) is 9.33. The van der Waals surface area contributed by atoms with Gasteiger partial charge in [-0.25, -0.2) is 0 Å². The lowest BCUT2D eigenvalue weighted by atomic mass is 9.78. The Bertz CT molecular complexity index is 386. The van der Waals surface area contributed by atoms with Crippen LogP contribution >= 0.6 is 0 Å². The minimum atomic E-state index is -0.0249. The molecule has 19 heavy (non-hydrogen) atoms. The molecule has 1 aromatic carbocycles. The van der Waals surface area contributed by atoms with Crippen LogP contribution in [0.1, 0.15) is 50.0 Å². The first kappa shape index (κ1) is 13.1. The van der Waals surface area contributed by atoms with Crippen molar-refractivity contribution < 1.29 is 5.11 Å². The lowest BCUT2D eigenvalue weighted by Gasteiger charge is -2.37. The van der Waals surface area contributed by atoms with E-state index >= 15 is 0 Å². The number of nitrogens with one attached hydrogen (secondary N) is 1. The number of rotatable bonds is 4. The summed E-state index contributed by atoms with van der Waals surface area (Å²) in [6, 6.07) is 11.6. The third-order valence-electron chi connectivity index (χ3n) is 4.87. The Hall–Kier alpha value is -0.860. The first-order valence-corrected chi connectivity index (χ1v) is 7.79. The molecule has 2 aliphatic carbocycles. The maximum absolute atomic E-state index is 9.36. The number of benzene rings is 1. The number of hydrogen-bond donors (Lipinski definition) is 2. The van der Waals surface area contributed by atoms with Crippen LogP contribution < -0.4 is 5.32 Å². The van der Waals surface area contributed by atoms with E-state index in [2.05, 4.69) is 35.6 Å². The van der Waals surface area contributed by atoms with E-state index in [0.29, 0.717) is 17.9 Å². The van der Waals surface area contributed by atoms with Crippen LogP contribution in [0.15, 0.2) is 30.3 Å². The van der Waals surface area contributed by atoms with E-state index in [1.807, 2.05) is 0 Å². The smallest absolute Gasteiger partial charge is 0.0546 e. The summed E-state index contributed by atoms with van der Waals surface area (Å²) >= 11 is 0. The van der Waals surface area contributed by atoms with Crippen LogP contribution in [0.5, 0.6) is 0 Å². The highest BCUT2D eigenvalue weighted by molar-refractivity contribution is 5.22. The third kappa shape index (κ3) is 3.18. The van der Waals surface area contributed by atoms with Crippen molar-refractivity contribution in [1.29, 1.82) is 0 Å². The fraction of sp³-hybridized carbons (Fsp3) is 0.647. The molecule has 2 unspecified atom stereocenters. The average molecular weight is 259 g/mol. The molecule has 2 nitrogen and oxygen atoms in total. The van der Waals surface area contributed by atoms with Crippen molar-refractivity contribution in [3.05, 3.63) is 35.9 Å². The molecule has 104 valence electrons. The summed E-state index contributed by atoms with van der Waals surface area (Å²) in [5, 5.41) is 13.1. The molecule has 2 aliphatic rings. The summed E-state index contributed by atoms with van der Waals surface area (Å²) < 4.78 is 0. The van der Waals surface area contributed by atoms with E-state index in [1.165, 1.54) is 31.2 Å². The maximum Gasteiger partial charge on any atom is 0.0546 e. The normalized spacial score (nSPS) is 34.8. The van der Waals surface area contributed by atoms with Gasteiger partial charge in [0.05, 0.1) is 6.10 Å². The van der Waals surface area contributed by atoms with E-state index in [1.54, 1.807) is 0 Å². The molecule has 1 aromatic rings. The SMILES string of the molecule is OC1CC(CNC2CCCCC2c2ccccc2)C1. The van der Waals surface area contributed by atoms with Gasteiger partial charge < -0.3 is 10.4 Å². The predicted octanol–water partition coefficient (Wildman–Crippen LogP) is 3.07. The third-order valence-corrected chi connectivity index (χ3v) is 4.87. The van der Waals surface area contributed by atoms with Crippen molar-refractivity contribution in [2.75, 3.05) is 6.54 Å². The minimum absolute atomic E-state index is 0.0249. The molecule has 2 N–H and O–H groups in total. The molecule has 0 bridgehead atoms. The van der Waals surface area contributed by atoms with Gasteiger partial charge >= 0.3 is 0 Å². The highest BCUT2D eigenvalue weighted by Gasteiger charge is 2.30. The molecule has 2 atom stereocenters. The van der Waals surface area contributed by atoms with Gasteiger partial charge in [-0.15, -0.1) is 0 Å². The predicted molar refractivity (Wildman–Crippen MR) is 78.2 cm³/mol. The summed E-state index contributed by atoms with van der Waals surface area (Å²) in [5.74, 6) is 1.38. The largest absolute Gasteiger partial charge is 0.393 e. The molecule has 2 saturated carbocycles. The Morgan fingerprint density at radius 1 is 1.05 bits per heavy atom. The molecule has 0 radical (unpaired) electrons. The van der Waals surface area contributed by atoms with Gasteiger partial charge in [0.1, 0.15) is 0 Å². The molecule has 0 heterocycles. The molecule has 0 amide bonds. The van der Waals surface area contributed by atoms with E-state index in [-0.39, 0.29) is 6.10 Å². The zero-order valence-electron chi connectivity index (χ0n) is 11.6. The lowest BCUT2D eigenvalue weighted by Crippen LogP contribution is -2.43. The monoisotopic (exact) mass is 259 g/mol. The minimum Gasteiger partial charge on any atom is -0.393 e. The Morgan fingerprint density at radius 2 is 1.79 bits per heavy atom. The number of aliphatic hydroxyl groups excluding tert-OH is 1. The first-order valence-electron chi connectivity index (χ1n) is 7.79. The number of aliphatic hydroxyl groups is 1. The fourth-order valence-electron chi connectivity index (χ4n) is 3.66. The average Bonchev–Trinajstić information content (AvgIpc) is 2.44. The van der Waals surface area contributed by atoms with Crippen molar-refractivity contribution in [3.8, 4) is 0 Å². The molecule has 3 rings (SSSR count). The van der Waals surface area contributed by atoms with E-state index in [0.717, 1.165) is 19.4 Å². The van der Waals surface area contributed by atoms with Gasteiger partial charge in [0, 0.05) is 6.04 Å². The van der Waals surface area contributed by atoms with Gasteiger partial charge in [0.2, 0.25) is 0 Å². The topological polar surface area (TPSA) is 32.3 Å². The second-order valence-electron chi connectivity index (χ2n) is 6.31. The zero-order chi connectivity index (χ0) is 13.1. The van der Waals surface area contributed by atoms with Crippen molar-refractivity contribution in [2.24, 2.45) is 5.92 Å². The molecular weight excluding hydrogens is 234 g/mol. The van der Waals surface area contributed by atoms with E-state index < -0.39 is 0 Å². The van der Waals surface area contributed by atoms with Gasteiger partial charge in [0.25, 0.3) is 0 Å². The highest BCUT2D eigenvalue weighted by Crippen LogP contribution is 2.34. The van der Waals surface area contributed by atoms with Crippen LogP contribution in [0.25, 0.3) is 0 Å². The standard InChI is InChI=1S/C17H25NO/c19-15-10-13(11-15)12-18-17-9-5-4-8-16(17)14-6-2-1-3-7-14/h1-3,6-7,13,15-19H,4-5,8-12H2. The molecule has 0 spiro atoms. The quantitative estimate of drug-likeness (QED) is 0.871. The molecule has 2 heteroatoms. The summed E-state index contributed by atoms with van der Waals surface area (Å²) in [4.78, 5) is 0. The Balaban J connectivity index is 1.58. The maximum atomic E-state index is 9.36. The lowest BCUT2D eigenvalue weighted by molar-refractivity contribution is 0.0408. The zero-order valence-corrected chi connectivity index (χ0v) is 11.6. The van der Waals surface area contributed by atoms with Crippen LogP contribution in [0.2, 0.25) is 0 Å². The molecule has 0 saturated heterocycles. The van der Waals surface area contributed by atoms with Crippen LogP contribution in [-0.4, -0.2) is 23.8 Å². The summed E-state index contributed by atoms with van der Waals surface area (Å²) in [5.41, 5.74) is 1.49. The van der Waals surface area contributed by atoms with Gasteiger partial charge in [-0.2, -0.15) is 0 Å². The van der Waals surface area contributed by atoms with Crippen LogP contribution in [0.4, 0.5) is 0 Å². The second kappa shape index (κ2) is 6.06. The summed E-state index contributed by atoms with van der Waals surface area (Å²) in [7, 11) is 0.